The minimum Gasteiger partial charge on any atom is -0.387 e. The molecule has 0 amide bonds. The van der Waals surface area contributed by atoms with Gasteiger partial charge in [0.05, 0.1) is 0 Å². The molecule has 3 N–H and O–H groups in total. The smallest absolute Gasteiger partial charge is 0.0325 e. The van der Waals surface area contributed by atoms with Gasteiger partial charge < -0.3 is 11.1 Å². The maximum atomic E-state index is 5.43. The lowest BCUT2D eigenvalue weighted by molar-refractivity contribution is 0.961. The SMILES string of the molecule is NCC1=CNCC=CC1. The van der Waals surface area contributed by atoms with E-state index in [4.69, 9.17) is 5.73 Å². The first-order valence-corrected chi connectivity index (χ1v) is 3.20. The zero-order valence-corrected chi connectivity index (χ0v) is 5.43. The van der Waals surface area contributed by atoms with Crippen molar-refractivity contribution >= 4 is 0 Å². The largest absolute Gasteiger partial charge is 0.387 e. The van der Waals surface area contributed by atoms with Crippen molar-refractivity contribution in [3.63, 3.8) is 0 Å². The van der Waals surface area contributed by atoms with Crippen molar-refractivity contribution in [2.24, 2.45) is 5.73 Å². The summed E-state index contributed by atoms with van der Waals surface area (Å²) >= 11 is 0. The third-order valence-corrected chi connectivity index (χ3v) is 1.35. The second-order valence-electron chi connectivity index (χ2n) is 2.09. The second kappa shape index (κ2) is 3.30. The van der Waals surface area contributed by atoms with Crippen LogP contribution in [0, 0.1) is 0 Å². The third kappa shape index (κ3) is 1.90. The molecule has 0 unspecified atom stereocenters. The molecule has 0 aromatic heterocycles. The van der Waals surface area contributed by atoms with Gasteiger partial charge in [-0.3, -0.25) is 0 Å². The van der Waals surface area contributed by atoms with Gasteiger partial charge in [-0.15, -0.1) is 0 Å². The van der Waals surface area contributed by atoms with Gasteiger partial charge in [-0.25, -0.2) is 0 Å². The quantitative estimate of drug-likeness (QED) is 0.496. The van der Waals surface area contributed by atoms with E-state index in [1.807, 2.05) is 6.20 Å². The van der Waals surface area contributed by atoms with Crippen LogP contribution in [0.2, 0.25) is 0 Å². The summed E-state index contributed by atoms with van der Waals surface area (Å²) in [6, 6.07) is 0. The van der Waals surface area contributed by atoms with E-state index in [1.165, 1.54) is 5.57 Å². The lowest BCUT2D eigenvalue weighted by Crippen LogP contribution is -2.08. The molecule has 2 nitrogen and oxygen atoms in total. The minimum absolute atomic E-state index is 0.664. The molecule has 0 radical (unpaired) electrons. The second-order valence-corrected chi connectivity index (χ2v) is 2.09. The molecule has 0 spiro atoms. The van der Waals surface area contributed by atoms with Crippen LogP contribution in [-0.4, -0.2) is 13.1 Å². The summed E-state index contributed by atoms with van der Waals surface area (Å²) in [6.07, 6.45) is 7.25. The van der Waals surface area contributed by atoms with Crippen LogP contribution in [0.25, 0.3) is 0 Å². The Bertz CT molecular complexity index is 136. The maximum absolute atomic E-state index is 5.43. The molecule has 1 aliphatic heterocycles. The Morgan fingerprint density at radius 1 is 1.56 bits per heavy atom. The Kier molecular flexibility index (Phi) is 2.33. The van der Waals surface area contributed by atoms with Crippen LogP contribution in [0.15, 0.2) is 23.9 Å². The van der Waals surface area contributed by atoms with Crippen molar-refractivity contribution in [2.75, 3.05) is 13.1 Å². The monoisotopic (exact) mass is 124 g/mol. The average Bonchev–Trinajstić information content (AvgIpc) is 2.13. The van der Waals surface area contributed by atoms with E-state index in [2.05, 4.69) is 17.5 Å². The van der Waals surface area contributed by atoms with Crippen LogP contribution in [0.3, 0.4) is 0 Å². The van der Waals surface area contributed by atoms with Crippen molar-refractivity contribution in [2.45, 2.75) is 6.42 Å². The first-order chi connectivity index (χ1) is 4.43. The van der Waals surface area contributed by atoms with Crippen LogP contribution in [0.1, 0.15) is 6.42 Å². The van der Waals surface area contributed by atoms with Crippen LogP contribution in [-0.2, 0) is 0 Å². The van der Waals surface area contributed by atoms with Gasteiger partial charge in [-0.2, -0.15) is 0 Å². The lowest BCUT2D eigenvalue weighted by atomic mass is 10.2. The summed E-state index contributed by atoms with van der Waals surface area (Å²) in [6.45, 7) is 1.60. The molecule has 1 heterocycles. The number of rotatable bonds is 1. The van der Waals surface area contributed by atoms with Crippen LogP contribution < -0.4 is 11.1 Å². The molecule has 0 aliphatic carbocycles. The zero-order valence-electron chi connectivity index (χ0n) is 5.43. The highest BCUT2D eigenvalue weighted by Crippen LogP contribution is 2.00. The highest BCUT2D eigenvalue weighted by atomic mass is 14.8. The van der Waals surface area contributed by atoms with E-state index in [-0.39, 0.29) is 0 Å². The highest BCUT2D eigenvalue weighted by Gasteiger charge is 1.92. The average molecular weight is 124 g/mol. The molecule has 0 aromatic rings. The van der Waals surface area contributed by atoms with Gasteiger partial charge in [0, 0.05) is 13.1 Å². The summed E-state index contributed by atoms with van der Waals surface area (Å²) < 4.78 is 0. The predicted molar refractivity (Wildman–Crippen MR) is 38.9 cm³/mol. The fourth-order valence-corrected chi connectivity index (χ4v) is 0.791. The molecule has 0 saturated heterocycles. The topological polar surface area (TPSA) is 38.0 Å². The molecular formula is C7H12N2. The summed E-state index contributed by atoms with van der Waals surface area (Å²) in [5, 5.41) is 3.12. The lowest BCUT2D eigenvalue weighted by Gasteiger charge is -1.96. The van der Waals surface area contributed by atoms with E-state index < -0.39 is 0 Å². The first kappa shape index (κ1) is 6.36. The van der Waals surface area contributed by atoms with Gasteiger partial charge in [0.15, 0.2) is 0 Å². The molecule has 1 aliphatic rings. The summed E-state index contributed by atoms with van der Waals surface area (Å²) in [4.78, 5) is 0. The molecule has 50 valence electrons. The van der Waals surface area contributed by atoms with E-state index in [9.17, 15) is 0 Å². The summed E-state index contributed by atoms with van der Waals surface area (Å²) in [5.41, 5.74) is 6.70. The Hall–Kier alpha value is -0.760. The zero-order chi connectivity index (χ0) is 6.53. The van der Waals surface area contributed by atoms with Gasteiger partial charge in [-0.05, 0) is 18.2 Å². The molecule has 0 saturated carbocycles. The minimum atomic E-state index is 0.664. The van der Waals surface area contributed by atoms with Gasteiger partial charge >= 0.3 is 0 Å². The van der Waals surface area contributed by atoms with E-state index in [0.717, 1.165) is 13.0 Å². The standard InChI is InChI=1S/C7H12N2/c8-5-7-3-1-2-4-9-6-7/h1-2,6,9H,3-5,8H2. The molecule has 0 aromatic carbocycles. The molecule has 0 bridgehead atoms. The Morgan fingerprint density at radius 2 is 2.44 bits per heavy atom. The van der Waals surface area contributed by atoms with Crippen molar-refractivity contribution in [1.82, 2.24) is 5.32 Å². The normalized spacial score (nSPS) is 18.1. The van der Waals surface area contributed by atoms with E-state index in [1.54, 1.807) is 0 Å². The molecular weight excluding hydrogens is 112 g/mol. The van der Waals surface area contributed by atoms with Crippen molar-refractivity contribution in [3.8, 4) is 0 Å². The summed E-state index contributed by atoms with van der Waals surface area (Å²) in [5.74, 6) is 0. The Morgan fingerprint density at radius 3 is 3.22 bits per heavy atom. The Balaban J connectivity index is 2.48. The number of nitrogens with two attached hydrogens (primary N) is 1. The van der Waals surface area contributed by atoms with Gasteiger partial charge in [0.25, 0.3) is 0 Å². The fourth-order valence-electron chi connectivity index (χ4n) is 0.791. The van der Waals surface area contributed by atoms with Gasteiger partial charge in [-0.1, -0.05) is 12.2 Å². The fraction of sp³-hybridized carbons (Fsp3) is 0.429. The Labute approximate surface area is 55.4 Å². The summed E-state index contributed by atoms with van der Waals surface area (Å²) in [7, 11) is 0. The predicted octanol–water partition coefficient (Wildman–Crippen LogP) is 0.379. The van der Waals surface area contributed by atoms with Crippen molar-refractivity contribution < 1.29 is 0 Å². The van der Waals surface area contributed by atoms with Crippen LogP contribution in [0.5, 0.6) is 0 Å². The highest BCUT2D eigenvalue weighted by molar-refractivity contribution is 5.11. The van der Waals surface area contributed by atoms with Gasteiger partial charge in [0.2, 0.25) is 0 Å². The molecule has 1 rings (SSSR count). The van der Waals surface area contributed by atoms with Gasteiger partial charge in [0.1, 0.15) is 0 Å². The number of hydrogen-bond donors (Lipinski definition) is 2. The third-order valence-electron chi connectivity index (χ3n) is 1.35. The van der Waals surface area contributed by atoms with Crippen molar-refractivity contribution in [3.05, 3.63) is 23.9 Å². The maximum Gasteiger partial charge on any atom is 0.0325 e. The molecule has 2 heteroatoms. The number of allylic oxidation sites excluding steroid dienone is 1. The number of nitrogens with one attached hydrogen (secondary N) is 1. The first-order valence-electron chi connectivity index (χ1n) is 3.20. The van der Waals surface area contributed by atoms with E-state index >= 15 is 0 Å². The molecule has 0 fully saturated rings. The molecule has 9 heavy (non-hydrogen) atoms. The van der Waals surface area contributed by atoms with E-state index in [0.29, 0.717) is 6.54 Å². The van der Waals surface area contributed by atoms with Crippen molar-refractivity contribution in [1.29, 1.82) is 0 Å². The number of hydrogen-bond acceptors (Lipinski definition) is 2. The van der Waals surface area contributed by atoms with Crippen LogP contribution >= 0.6 is 0 Å². The molecule has 0 atom stereocenters. The van der Waals surface area contributed by atoms with Crippen LogP contribution in [0.4, 0.5) is 0 Å².